The summed E-state index contributed by atoms with van der Waals surface area (Å²) in [4.78, 5) is 11.3. The molecule has 5 heteroatoms. The van der Waals surface area contributed by atoms with E-state index >= 15 is 0 Å². The van der Waals surface area contributed by atoms with Crippen molar-refractivity contribution in [2.24, 2.45) is 11.3 Å². The standard InChI is InChI=1S/C25H36O5/c1-16(2)25(13-6-8-18(25)4)14-12-17(3)7-5-9-19-10-11-21(29-23(19)27)20-15-22(26)30-24(20)28/h7,10,15,18,21,23-24,27-28H,1,5-6,8-9,11-14H2,2-4H3/b17-7+/t18-,21-,23-,24-,25-/m1/s1. The third-order valence-electron chi connectivity index (χ3n) is 7.32. The van der Waals surface area contributed by atoms with E-state index in [-0.39, 0.29) is 0 Å². The second kappa shape index (κ2) is 9.63. The number of hydrogen-bond acceptors (Lipinski definition) is 5. The van der Waals surface area contributed by atoms with Gasteiger partial charge in [-0.15, -0.1) is 0 Å². The monoisotopic (exact) mass is 416 g/mol. The molecular weight excluding hydrogens is 380 g/mol. The summed E-state index contributed by atoms with van der Waals surface area (Å²) in [6.07, 6.45) is 10.8. The van der Waals surface area contributed by atoms with Gasteiger partial charge in [-0.2, -0.15) is 0 Å². The Morgan fingerprint density at radius 1 is 1.33 bits per heavy atom. The van der Waals surface area contributed by atoms with Crippen molar-refractivity contribution in [1.82, 2.24) is 0 Å². The smallest absolute Gasteiger partial charge is 0.333 e. The van der Waals surface area contributed by atoms with E-state index < -0.39 is 24.7 Å². The molecule has 0 bridgehead atoms. The predicted molar refractivity (Wildman–Crippen MR) is 116 cm³/mol. The van der Waals surface area contributed by atoms with E-state index in [1.54, 1.807) is 0 Å². The lowest BCUT2D eigenvalue weighted by atomic mass is 9.70. The van der Waals surface area contributed by atoms with Gasteiger partial charge in [0.1, 0.15) is 0 Å². The Labute approximate surface area is 180 Å². The van der Waals surface area contributed by atoms with Crippen molar-refractivity contribution in [3.05, 3.63) is 47.1 Å². The van der Waals surface area contributed by atoms with Crippen LogP contribution in [-0.2, 0) is 14.3 Å². The quantitative estimate of drug-likeness (QED) is 0.443. The predicted octanol–water partition coefficient (Wildman–Crippen LogP) is 4.71. The van der Waals surface area contributed by atoms with Crippen LogP contribution in [0.1, 0.15) is 72.1 Å². The van der Waals surface area contributed by atoms with Crippen LogP contribution in [0.5, 0.6) is 0 Å². The van der Waals surface area contributed by atoms with Crippen molar-refractivity contribution in [2.75, 3.05) is 0 Å². The SMILES string of the molecule is C=C(C)[C@]1(CC/C(C)=C/CCC2=CC[C@H](C3=CC(=O)O[C@H]3O)O[C@H]2O)CCC[C@H]1C. The van der Waals surface area contributed by atoms with Crippen molar-refractivity contribution in [1.29, 1.82) is 0 Å². The molecule has 2 heterocycles. The topological polar surface area (TPSA) is 76.0 Å². The second-order valence-electron chi connectivity index (χ2n) is 9.24. The molecule has 2 N–H and O–H groups in total. The van der Waals surface area contributed by atoms with Gasteiger partial charge in [0, 0.05) is 11.6 Å². The number of rotatable bonds is 8. The van der Waals surface area contributed by atoms with Crippen molar-refractivity contribution in [3.63, 3.8) is 0 Å². The molecule has 5 atom stereocenters. The lowest BCUT2D eigenvalue weighted by molar-refractivity contribution is -0.155. The molecular formula is C25H36O5. The van der Waals surface area contributed by atoms with Gasteiger partial charge in [0.05, 0.1) is 6.10 Å². The number of aliphatic hydroxyl groups is 2. The molecule has 5 nitrogen and oxygen atoms in total. The minimum atomic E-state index is -1.28. The number of hydrogen-bond donors (Lipinski definition) is 2. The van der Waals surface area contributed by atoms with Crippen LogP contribution in [0, 0.1) is 11.3 Å². The summed E-state index contributed by atoms with van der Waals surface area (Å²) in [6, 6.07) is 0. The summed E-state index contributed by atoms with van der Waals surface area (Å²) in [5, 5.41) is 20.1. The summed E-state index contributed by atoms with van der Waals surface area (Å²) >= 11 is 0. The van der Waals surface area contributed by atoms with Crippen LogP contribution >= 0.6 is 0 Å². The van der Waals surface area contributed by atoms with Crippen molar-refractivity contribution < 1.29 is 24.5 Å². The van der Waals surface area contributed by atoms with Gasteiger partial charge in [-0.25, -0.2) is 4.79 Å². The Kier molecular flexibility index (Phi) is 7.38. The molecule has 3 rings (SSSR count). The number of ether oxygens (including phenoxy) is 2. The van der Waals surface area contributed by atoms with Crippen LogP contribution < -0.4 is 0 Å². The molecule has 1 fully saturated rings. The number of carbonyl (C=O) groups excluding carboxylic acids is 1. The highest BCUT2D eigenvalue weighted by Gasteiger charge is 2.40. The minimum Gasteiger partial charge on any atom is -0.429 e. The normalized spacial score (nSPS) is 34.6. The molecule has 0 unspecified atom stereocenters. The van der Waals surface area contributed by atoms with Gasteiger partial charge in [0.25, 0.3) is 0 Å². The maximum Gasteiger partial charge on any atom is 0.333 e. The van der Waals surface area contributed by atoms with Crippen LogP contribution in [0.25, 0.3) is 0 Å². The molecule has 0 radical (unpaired) electrons. The van der Waals surface area contributed by atoms with E-state index in [1.807, 2.05) is 6.08 Å². The first-order chi connectivity index (χ1) is 14.2. The van der Waals surface area contributed by atoms with Gasteiger partial charge in [-0.3, -0.25) is 0 Å². The Morgan fingerprint density at radius 3 is 2.67 bits per heavy atom. The minimum absolute atomic E-state index is 0.296. The van der Waals surface area contributed by atoms with Gasteiger partial charge in [-0.1, -0.05) is 43.2 Å². The summed E-state index contributed by atoms with van der Waals surface area (Å²) in [5.41, 5.74) is 4.23. The molecule has 30 heavy (non-hydrogen) atoms. The van der Waals surface area contributed by atoms with Crippen LogP contribution in [-0.4, -0.2) is 34.9 Å². The molecule has 0 aromatic heterocycles. The zero-order chi connectivity index (χ0) is 21.9. The number of allylic oxidation sites excluding steroid dienone is 3. The fourth-order valence-corrected chi connectivity index (χ4v) is 5.24. The highest BCUT2D eigenvalue weighted by Crippen LogP contribution is 2.51. The van der Waals surface area contributed by atoms with Crippen molar-refractivity contribution in [2.45, 2.75) is 90.8 Å². The molecule has 1 saturated carbocycles. The van der Waals surface area contributed by atoms with Gasteiger partial charge >= 0.3 is 5.97 Å². The largest absolute Gasteiger partial charge is 0.429 e. The Hall–Kier alpha value is -1.69. The Balaban J connectivity index is 1.49. The first-order valence-corrected chi connectivity index (χ1v) is 11.2. The van der Waals surface area contributed by atoms with E-state index in [0.717, 1.165) is 24.8 Å². The summed E-state index contributed by atoms with van der Waals surface area (Å²) in [7, 11) is 0. The number of aliphatic hydroxyl groups excluding tert-OH is 2. The maximum atomic E-state index is 11.3. The Bertz CT molecular complexity index is 762. The third-order valence-corrected chi connectivity index (χ3v) is 7.32. The van der Waals surface area contributed by atoms with E-state index in [2.05, 4.69) is 33.4 Å². The number of cyclic esters (lactones) is 1. The lowest BCUT2D eigenvalue weighted by Gasteiger charge is -2.35. The number of esters is 1. The second-order valence-corrected chi connectivity index (χ2v) is 9.24. The fraction of sp³-hybridized carbons (Fsp3) is 0.640. The van der Waals surface area contributed by atoms with Gasteiger partial charge < -0.3 is 19.7 Å². The Morgan fingerprint density at radius 2 is 2.10 bits per heavy atom. The highest BCUT2D eigenvalue weighted by atomic mass is 16.6. The molecule has 0 amide bonds. The van der Waals surface area contributed by atoms with Gasteiger partial charge in [0.15, 0.2) is 6.29 Å². The summed E-state index contributed by atoms with van der Waals surface area (Å²) in [5.74, 6) is 0.135. The van der Waals surface area contributed by atoms with E-state index in [0.29, 0.717) is 23.3 Å². The van der Waals surface area contributed by atoms with E-state index in [4.69, 9.17) is 9.47 Å². The van der Waals surface area contributed by atoms with E-state index in [1.165, 1.54) is 42.9 Å². The molecule has 0 saturated heterocycles. The zero-order valence-electron chi connectivity index (χ0n) is 18.5. The van der Waals surface area contributed by atoms with Gasteiger partial charge in [-0.05, 0) is 75.7 Å². The molecule has 0 aromatic carbocycles. The average Bonchev–Trinajstić information content (AvgIpc) is 3.23. The van der Waals surface area contributed by atoms with Crippen LogP contribution in [0.15, 0.2) is 47.1 Å². The lowest BCUT2D eigenvalue weighted by Crippen LogP contribution is -2.32. The van der Waals surface area contributed by atoms with Crippen LogP contribution in [0.3, 0.4) is 0 Å². The first kappa shape index (κ1) is 23.0. The zero-order valence-corrected chi connectivity index (χ0v) is 18.5. The maximum absolute atomic E-state index is 11.3. The van der Waals surface area contributed by atoms with Crippen LogP contribution in [0.4, 0.5) is 0 Å². The third kappa shape index (κ3) is 4.96. The molecule has 0 aromatic rings. The van der Waals surface area contributed by atoms with Crippen molar-refractivity contribution in [3.8, 4) is 0 Å². The summed E-state index contributed by atoms with van der Waals surface area (Å²) < 4.78 is 10.3. The molecule has 0 spiro atoms. The van der Waals surface area contributed by atoms with E-state index in [9.17, 15) is 15.0 Å². The first-order valence-electron chi connectivity index (χ1n) is 11.2. The van der Waals surface area contributed by atoms with Gasteiger partial charge in [0.2, 0.25) is 6.29 Å². The van der Waals surface area contributed by atoms with Crippen molar-refractivity contribution >= 4 is 5.97 Å². The van der Waals surface area contributed by atoms with Crippen LogP contribution in [0.2, 0.25) is 0 Å². The molecule has 166 valence electrons. The summed E-state index contributed by atoms with van der Waals surface area (Å²) in [6.45, 7) is 11.0. The molecule has 3 aliphatic rings. The molecule has 2 aliphatic heterocycles. The average molecular weight is 417 g/mol. The fourth-order valence-electron chi connectivity index (χ4n) is 5.24. The highest BCUT2D eigenvalue weighted by molar-refractivity contribution is 5.85. The molecule has 1 aliphatic carbocycles. The number of carbonyl (C=O) groups is 1.